The lowest BCUT2D eigenvalue weighted by Gasteiger charge is -2.44. The minimum absolute atomic E-state index is 0.0285. The van der Waals surface area contributed by atoms with Crippen LogP contribution in [0.15, 0.2) is 0 Å². The van der Waals surface area contributed by atoms with Gasteiger partial charge >= 0.3 is 0 Å². The third-order valence-corrected chi connectivity index (χ3v) is 2.83. The number of ether oxygens (including phenoxy) is 1. The Balaban J connectivity index is 2.45. The van der Waals surface area contributed by atoms with Crippen LogP contribution in [0.1, 0.15) is 19.8 Å². The van der Waals surface area contributed by atoms with E-state index < -0.39 is 8.32 Å². The van der Waals surface area contributed by atoms with Crippen molar-refractivity contribution < 1.29 is 9.16 Å². The maximum absolute atomic E-state index is 6.06. The lowest BCUT2D eigenvalue weighted by atomic mass is 9.97. The minimum Gasteiger partial charge on any atom is -0.407 e. The van der Waals surface area contributed by atoms with Crippen LogP contribution in [0.4, 0.5) is 0 Å². The van der Waals surface area contributed by atoms with Gasteiger partial charge in [0.2, 0.25) is 0 Å². The Morgan fingerprint density at radius 3 is 2.33 bits per heavy atom. The van der Waals surface area contributed by atoms with Crippen molar-refractivity contribution in [2.45, 2.75) is 45.0 Å². The molecule has 0 aromatic rings. The van der Waals surface area contributed by atoms with Gasteiger partial charge in [0.25, 0.3) is 0 Å². The van der Waals surface area contributed by atoms with Gasteiger partial charge in [0.05, 0.1) is 6.61 Å². The fraction of sp³-hybridized carbons (Fsp3) is 0.889. The summed E-state index contributed by atoms with van der Waals surface area (Å²) < 4.78 is 11.2. The van der Waals surface area contributed by atoms with Crippen molar-refractivity contribution in [2.24, 2.45) is 0 Å². The molecule has 1 saturated heterocycles. The smallest absolute Gasteiger partial charge is 0.184 e. The van der Waals surface area contributed by atoms with E-state index in [0.29, 0.717) is 0 Å². The van der Waals surface area contributed by atoms with Gasteiger partial charge < -0.3 is 9.16 Å². The average Bonchev–Trinajstić information content (AvgIpc) is 1.80. The first-order valence-electron chi connectivity index (χ1n) is 4.64. The molecule has 1 radical (unpaired) electrons. The van der Waals surface area contributed by atoms with Crippen molar-refractivity contribution in [3.63, 3.8) is 0 Å². The fourth-order valence-corrected chi connectivity index (χ4v) is 2.97. The Kier molecular flexibility index (Phi) is 2.96. The molecule has 3 heteroatoms. The summed E-state index contributed by atoms with van der Waals surface area (Å²) in [6, 6.07) is 0. The second kappa shape index (κ2) is 3.48. The maximum Gasteiger partial charge on any atom is 0.184 e. The standard InChI is InChI=1S/C9H19O2Si/c1-5-6-9(7-10-8-9)11-12(2,3)4/h7H,5-6,8H2,1-4H3. The summed E-state index contributed by atoms with van der Waals surface area (Å²) in [5.41, 5.74) is -0.0285. The second-order valence-corrected chi connectivity index (χ2v) is 8.89. The molecule has 0 aromatic carbocycles. The zero-order valence-corrected chi connectivity index (χ0v) is 9.52. The van der Waals surface area contributed by atoms with Crippen molar-refractivity contribution in [1.82, 2.24) is 0 Å². The van der Waals surface area contributed by atoms with Crippen molar-refractivity contribution in [1.29, 1.82) is 0 Å². The van der Waals surface area contributed by atoms with Crippen LogP contribution in [0.3, 0.4) is 0 Å². The van der Waals surface area contributed by atoms with Crippen LogP contribution in [0.25, 0.3) is 0 Å². The zero-order chi connectivity index (χ0) is 9.24. The number of rotatable bonds is 4. The van der Waals surface area contributed by atoms with Crippen LogP contribution >= 0.6 is 0 Å². The van der Waals surface area contributed by atoms with Crippen LogP contribution in [-0.4, -0.2) is 20.5 Å². The Bertz CT molecular complexity index is 147. The molecule has 0 saturated carbocycles. The topological polar surface area (TPSA) is 18.5 Å². The molecule has 0 N–H and O–H groups in total. The lowest BCUT2D eigenvalue weighted by molar-refractivity contribution is -0.119. The summed E-state index contributed by atoms with van der Waals surface area (Å²) in [7, 11) is -1.41. The van der Waals surface area contributed by atoms with Crippen molar-refractivity contribution in [3.8, 4) is 0 Å². The summed E-state index contributed by atoms with van der Waals surface area (Å²) in [5, 5.41) is 0. The first-order valence-corrected chi connectivity index (χ1v) is 8.04. The molecule has 1 atom stereocenters. The molecule has 1 fully saturated rings. The SMILES string of the molecule is CCCC1(O[Si](C)(C)C)[CH]OC1. The molecular formula is C9H19O2Si. The van der Waals surface area contributed by atoms with E-state index in [2.05, 4.69) is 26.6 Å². The molecule has 1 heterocycles. The van der Waals surface area contributed by atoms with E-state index in [-0.39, 0.29) is 5.60 Å². The Labute approximate surface area is 76.4 Å². The molecular weight excluding hydrogens is 168 g/mol. The van der Waals surface area contributed by atoms with Gasteiger partial charge in [-0.1, -0.05) is 13.3 Å². The van der Waals surface area contributed by atoms with Crippen molar-refractivity contribution in [2.75, 3.05) is 6.61 Å². The van der Waals surface area contributed by atoms with Gasteiger partial charge in [-0.25, -0.2) is 0 Å². The fourth-order valence-electron chi connectivity index (χ4n) is 1.54. The highest BCUT2D eigenvalue weighted by atomic mass is 28.4. The van der Waals surface area contributed by atoms with Gasteiger partial charge in [-0.2, -0.15) is 0 Å². The highest BCUT2D eigenvalue weighted by Crippen LogP contribution is 2.33. The normalized spacial score (nSPS) is 22.0. The minimum atomic E-state index is -1.41. The largest absolute Gasteiger partial charge is 0.407 e. The van der Waals surface area contributed by atoms with Crippen LogP contribution in [0, 0.1) is 6.61 Å². The second-order valence-electron chi connectivity index (χ2n) is 4.46. The maximum atomic E-state index is 6.06. The summed E-state index contributed by atoms with van der Waals surface area (Å²) in [5.74, 6) is 0. The summed E-state index contributed by atoms with van der Waals surface area (Å²) in [6.07, 6.45) is 2.25. The van der Waals surface area contributed by atoms with Crippen LogP contribution in [-0.2, 0) is 9.16 Å². The van der Waals surface area contributed by atoms with Crippen molar-refractivity contribution in [3.05, 3.63) is 6.61 Å². The van der Waals surface area contributed by atoms with Crippen LogP contribution < -0.4 is 0 Å². The zero-order valence-electron chi connectivity index (χ0n) is 8.52. The summed E-state index contributed by atoms with van der Waals surface area (Å²) >= 11 is 0. The Hall–Kier alpha value is 0.137. The Morgan fingerprint density at radius 1 is 1.50 bits per heavy atom. The monoisotopic (exact) mass is 187 g/mol. The summed E-state index contributed by atoms with van der Waals surface area (Å²) in [6.45, 7) is 11.5. The molecule has 1 aliphatic rings. The third kappa shape index (κ3) is 2.57. The highest BCUT2D eigenvalue weighted by molar-refractivity contribution is 6.69. The molecule has 0 aromatic heterocycles. The lowest BCUT2D eigenvalue weighted by Crippen LogP contribution is -2.53. The predicted octanol–water partition coefficient (Wildman–Crippen LogP) is 2.57. The number of hydrogen-bond acceptors (Lipinski definition) is 2. The van der Waals surface area contributed by atoms with Gasteiger partial charge in [-0.05, 0) is 26.1 Å². The summed E-state index contributed by atoms with van der Waals surface area (Å²) in [4.78, 5) is 0. The van der Waals surface area contributed by atoms with Gasteiger partial charge in [0, 0.05) is 0 Å². The average molecular weight is 187 g/mol. The van der Waals surface area contributed by atoms with E-state index >= 15 is 0 Å². The van der Waals surface area contributed by atoms with Gasteiger partial charge in [-0.3, -0.25) is 0 Å². The first-order chi connectivity index (χ1) is 5.47. The van der Waals surface area contributed by atoms with E-state index in [1.807, 2.05) is 6.61 Å². The molecule has 71 valence electrons. The predicted molar refractivity (Wildman–Crippen MR) is 52.3 cm³/mol. The molecule has 0 aliphatic carbocycles. The Morgan fingerprint density at radius 2 is 2.08 bits per heavy atom. The van der Waals surface area contributed by atoms with E-state index in [1.165, 1.54) is 0 Å². The van der Waals surface area contributed by atoms with Crippen LogP contribution in [0.5, 0.6) is 0 Å². The molecule has 2 nitrogen and oxygen atoms in total. The molecule has 0 bridgehead atoms. The molecule has 1 unspecified atom stereocenters. The van der Waals surface area contributed by atoms with Gasteiger partial charge in [0.1, 0.15) is 12.2 Å². The van der Waals surface area contributed by atoms with Gasteiger partial charge in [-0.15, -0.1) is 0 Å². The van der Waals surface area contributed by atoms with E-state index in [0.717, 1.165) is 19.4 Å². The molecule has 12 heavy (non-hydrogen) atoms. The third-order valence-electron chi connectivity index (χ3n) is 1.81. The van der Waals surface area contributed by atoms with Crippen molar-refractivity contribution >= 4 is 8.32 Å². The molecule has 1 aliphatic heterocycles. The van der Waals surface area contributed by atoms with E-state index in [4.69, 9.17) is 9.16 Å². The molecule has 0 amide bonds. The number of hydrogen-bond donors (Lipinski definition) is 0. The highest BCUT2D eigenvalue weighted by Gasteiger charge is 2.42. The first kappa shape index (κ1) is 10.2. The molecule has 1 rings (SSSR count). The van der Waals surface area contributed by atoms with Crippen LogP contribution in [0.2, 0.25) is 19.6 Å². The quantitative estimate of drug-likeness (QED) is 0.630. The van der Waals surface area contributed by atoms with E-state index in [9.17, 15) is 0 Å². The molecule has 0 spiro atoms. The van der Waals surface area contributed by atoms with Gasteiger partial charge in [0.15, 0.2) is 8.32 Å². The van der Waals surface area contributed by atoms with E-state index in [1.54, 1.807) is 0 Å².